The van der Waals surface area contributed by atoms with E-state index < -0.39 is 14.0 Å². The van der Waals surface area contributed by atoms with Crippen molar-refractivity contribution >= 4 is 25.6 Å². The van der Waals surface area contributed by atoms with Crippen LogP contribution < -0.4 is 0 Å². The molecule has 2 rings (SSSR count). The zero-order valence-electron chi connectivity index (χ0n) is 13.4. The van der Waals surface area contributed by atoms with Gasteiger partial charge >= 0.3 is 5.97 Å². The molecule has 0 unspecified atom stereocenters. The lowest BCUT2D eigenvalue weighted by Gasteiger charge is -2.22. The molecule has 0 atom stereocenters. The van der Waals surface area contributed by atoms with Gasteiger partial charge in [0.05, 0.1) is 0 Å². The molecule has 5 heteroatoms. The lowest BCUT2D eigenvalue weighted by atomic mass is 9.87. The number of rotatable bonds is 4. The van der Waals surface area contributed by atoms with Crippen LogP contribution in [-0.2, 0) is 9.53 Å². The standard InChI is InChI=1S/C17H20O4Si/c1-11(18)21-17-14(9-10-22(2,3)4)15(19)12-7-5-6-8-13(12)16(17)20/h5-8H,9-10H2,1-4H3. The first-order chi connectivity index (χ1) is 10.2. The molecule has 0 amide bonds. The Labute approximate surface area is 131 Å². The summed E-state index contributed by atoms with van der Waals surface area (Å²) in [6.07, 6.45) is 0.469. The summed E-state index contributed by atoms with van der Waals surface area (Å²) >= 11 is 0. The molecule has 22 heavy (non-hydrogen) atoms. The highest BCUT2D eigenvalue weighted by molar-refractivity contribution is 6.76. The molecule has 0 radical (unpaired) electrons. The van der Waals surface area contributed by atoms with E-state index in [0.29, 0.717) is 23.1 Å². The first-order valence-corrected chi connectivity index (χ1v) is 11.0. The van der Waals surface area contributed by atoms with Crippen LogP contribution >= 0.6 is 0 Å². The Kier molecular flexibility index (Phi) is 4.46. The molecule has 1 aliphatic carbocycles. The van der Waals surface area contributed by atoms with Crippen LogP contribution in [-0.4, -0.2) is 25.6 Å². The van der Waals surface area contributed by atoms with E-state index in [0.717, 1.165) is 6.04 Å². The monoisotopic (exact) mass is 316 g/mol. The van der Waals surface area contributed by atoms with Gasteiger partial charge in [0, 0.05) is 31.7 Å². The number of hydrogen-bond donors (Lipinski definition) is 0. The zero-order valence-corrected chi connectivity index (χ0v) is 14.4. The van der Waals surface area contributed by atoms with E-state index in [2.05, 4.69) is 19.6 Å². The van der Waals surface area contributed by atoms with Crippen LogP contribution in [0.3, 0.4) is 0 Å². The molecule has 0 heterocycles. The van der Waals surface area contributed by atoms with Gasteiger partial charge in [0.25, 0.3) is 0 Å². The Bertz CT molecular complexity index is 680. The summed E-state index contributed by atoms with van der Waals surface area (Å²) in [5.41, 5.74) is 1.04. The summed E-state index contributed by atoms with van der Waals surface area (Å²) in [5.74, 6) is -1.25. The van der Waals surface area contributed by atoms with E-state index in [1.165, 1.54) is 6.92 Å². The maximum atomic E-state index is 12.7. The summed E-state index contributed by atoms with van der Waals surface area (Å²) in [4.78, 5) is 36.6. The molecule has 0 N–H and O–H groups in total. The third-order valence-electron chi connectivity index (χ3n) is 3.54. The topological polar surface area (TPSA) is 60.4 Å². The van der Waals surface area contributed by atoms with E-state index in [9.17, 15) is 14.4 Å². The predicted molar refractivity (Wildman–Crippen MR) is 86.7 cm³/mol. The smallest absolute Gasteiger partial charge is 0.308 e. The third kappa shape index (κ3) is 3.41. The van der Waals surface area contributed by atoms with E-state index in [1.807, 2.05) is 0 Å². The van der Waals surface area contributed by atoms with E-state index in [4.69, 9.17) is 4.74 Å². The zero-order chi connectivity index (χ0) is 16.5. The second kappa shape index (κ2) is 6.00. The molecule has 0 saturated heterocycles. The highest BCUT2D eigenvalue weighted by Crippen LogP contribution is 2.31. The van der Waals surface area contributed by atoms with Gasteiger partial charge in [0.1, 0.15) is 0 Å². The molecule has 4 nitrogen and oxygen atoms in total. The van der Waals surface area contributed by atoms with Crippen LogP contribution in [0.2, 0.25) is 25.7 Å². The molecule has 1 aliphatic rings. The molecule has 1 aromatic rings. The average Bonchev–Trinajstić information content (AvgIpc) is 2.42. The molecule has 0 aliphatic heterocycles. The van der Waals surface area contributed by atoms with E-state index in [-0.39, 0.29) is 17.3 Å². The van der Waals surface area contributed by atoms with Gasteiger partial charge in [-0.05, 0) is 6.42 Å². The van der Waals surface area contributed by atoms with Crippen LogP contribution in [0.1, 0.15) is 34.1 Å². The second-order valence-electron chi connectivity index (χ2n) is 6.67. The van der Waals surface area contributed by atoms with Crippen molar-refractivity contribution < 1.29 is 19.1 Å². The number of fused-ring (bicyclic) bond motifs is 1. The van der Waals surface area contributed by atoms with Gasteiger partial charge < -0.3 is 4.74 Å². The Hall–Kier alpha value is -2.01. The maximum Gasteiger partial charge on any atom is 0.308 e. The lowest BCUT2D eigenvalue weighted by Crippen LogP contribution is -2.27. The third-order valence-corrected chi connectivity index (χ3v) is 5.29. The fraction of sp³-hybridized carbons (Fsp3) is 0.353. The lowest BCUT2D eigenvalue weighted by molar-refractivity contribution is -0.136. The van der Waals surface area contributed by atoms with Crippen molar-refractivity contribution in [3.63, 3.8) is 0 Å². The number of ketones is 2. The summed E-state index contributed by atoms with van der Waals surface area (Å²) in [7, 11) is -1.39. The van der Waals surface area contributed by atoms with Crippen molar-refractivity contribution in [1.82, 2.24) is 0 Å². The average molecular weight is 316 g/mol. The van der Waals surface area contributed by atoms with Gasteiger partial charge in [-0.2, -0.15) is 0 Å². The minimum Gasteiger partial charge on any atom is -0.422 e. The number of benzene rings is 1. The predicted octanol–water partition coefficient (Wildman–Crippen LogP) is 3.61. The molecule has 0 saturated carbocycles. The van der Waals surface area contributed by atoms with Gasteiger partial charge in [0.15, 0.2) is 11.5 Å². The van der Waals surface area contributed by atoms with Gasteiger partial charge in [-0.1, -0.05) is 50.0 Å². The largest absolute Gasteiger partial charge is 0.422 e. The first kappa shape index (κ1) is 16.4. The second-order valence-corrected chi connectivity index (χ2v) is 12.3. The molecule has 1 aromatic carbocycles. The van der Waals surface area contributed by atoms with Gasteiger partial charge in [0.2, 0.25) is 5.78 Å². The number of esters is 1. The van der Waals surface area contributed by atoms with Crippen molar-refractivity contribution in [2.24, 2.45) is 0 Å². The summed E-state index contributed by atoms with van der Waals surface area (Å²) < 4.78 is 5.09. The summed E-state index contributed by atoms with van der Waals surface area (Å²) in [6.45, 7) is 7.83. The van der Waals surface area contributed by atoms with Gasteiger partial charge in [-0.25, -0.2) is 0 Å². The maximum absolute atomic E-state index is 12.7. The van der Waals surface area contributed by atoms with E-state index >= 15 is 0 Å². The molecule has 0 fully saturated rings. The molecular formula is C17H20O4Si. The number of carbonyl (C=O) groups is 3. The van der Waals surface area contributed by atoms with E-state index in [1.54, 1.807) is 24.3 Å². The summed E-state index contributed by atoms with van der Waals surface area (Å²) in [5, 5.41) is 0. The molecule has 116 valence electrons. The number of ether oxygens (including phenoxy) is 1. The van der Waals surface area contributed by atoms with Crippen LogP contribution in [0.15, 0.2) is 35.6 Å². The number of hydrogen-bond acceptors (Lipinski definition) is 4. The van der Waals surface area contributed by atoms with Crippen molar-refractivity contribution in [2.75, 3.05) is 0 Å². The van der Waals surface area contributed by atoms with Crippen LogP contribution in [0, 0.1) is 0 Å². The molecule has 0 bridgehead atoms. The van der Waals surface area contributed by atoms with Crippen molar-refractivity contribution in [1.29, 1.82) is 0 Å². The van der Waals surface area contributed by atoms with Crippen molar-refractivity contribution in [3.05, 3.63) is 46.7 Å². The molecule has 0 aromatic heterocycles. The number of Topliss-reactive ketones (excluding diaryl/α,β-unsaturated/α-hetero) is 2. The van der Waals surface area contributed by atoms with Crippen molar-refractivity contribution in [2.45, 2.75) is 39.0 Å². The Morgan fingerprint density at radius 1 is 1.05 bits per heavy atom. The Balaban J connectivity index is 2.48. The first-order valence-electron chi connectivity index (χ1n) is 7.31. The minimum absolute atomic E-state index is 0.0885. The normalized spacial score (nSPS) is 14.9. The van der Waals surface area contributed by atoms with Crippen LogP contribution in [0.5, 0.6) is 0 Å². The quantitative estimate of drug-likeness (QED) is 0.629. The highest BCUT2D eigenvalue weighted by atomic mass is 28.3. The number of carbonyl (C=O) groups excluding carboxylic acids is 3. The minimum atomic E-state index is -1.39. The number of allylic oxidation sites excluding steroid dienone is 2. The summed E-state index contributed by atoms with van der Waals surface area (Å²) in [6, 6.07) is 7.52. The van der Waals surface area contributed by atoms with Gasteiger partial charge in [-0.3, -0.25) is 14.4 Å². The Morgan fingerprint density at radius 3 is 2.09 bits per heavy atom. The van der Waals surface area contributed by atoms with Crippen LogP contribution in [0.25, 0.3) is 0 Å². The molecular weight excluding hydrogens is 296 g/mol. The fourth-order valence-corrected chi connectivity index (χ4v) is 3.38. The molecule has 0 spiro atoms. The van der Waals surface area contributed by atoms with Gasteiger partial charge in [-0.15, -0.1) is 0 Å². The van der Waals surface area contributed by atoms with Crippen LogP contribution in [0.4, 0.5) is 0 Å². The van der Waals surface area contributed by atoms with Crippen molar-refractivity contribution in [3.8, 4) is 0 Å². The SMILES string of the molecule is CC(=O)OC1=C(CC[Si](C)(C)C)C(=O)c2ccccc2C1=O. The highest BCUT2D eigenvalue weighted by Gasteiger charge is 2.34. The Morgan fingerprint density at radius 2 is 1.59 bits per heavy atom. The fourth-order valence-electron chi connectivity index (χ4n) is 2.38.